The highest BCUT2D eigenvalue weighted by Gasteiger charge is 2.09. The largest absolute Gasteiger partial charge is 0.497 e. The van der Waals surface area contributed by atoms with Crippen molar-refractivity contribution in [3.8, 4) is 11.5 Å². The van der Waals surface area contributed by atoms with Crippen LogP contribution in [0.25, 0.3) is 0 Å². The molecule has 4 heteroatoms. The van der Waals surface area contributed by atoms with Crippen LogP contribution in [0.4, 0.5) is 0 Å². The van der Waals surface area contributed by atoms with Crippen LogP contribution in [0.15, 0.2) is 48.5 Å². The number of hydrogen-bond donors (Lipinski definition) is 1. The molecule has 0 bridgehead atoms. The van der Waals surface area contributed by atoms with Crippen molar-refractivity contribution in [2.75, 3.05) is 19.5 Å². The molecule has 0 fully saturated rings. The predicted molar refractivity (Wildman–Crippen MR) is 110 cm³/mol. The van der Waals surface area contributed by atoms with E-state index >= 15 is 0 Å². The fraction of sp³-hybridized carbons (Fsp3) is 0.409. The number of ether oxygens (including phenoxy) is 2. The maximum absolute atomic E-state index is 12.5. The van der Waals surface area contributed by atoms with Crippen LogP contribution in [0.2, 0.25) is 0 Å². The Labute approximate surface area is 162 Å². The van der Waals surface area contributed by atoms with E-state index in [0.717, 1.165) is 30.3 Å². The molecule has 2 aromatic carbocycles. The van der Waals surface area contributed by atoms with Gasteiger partial charge in [-0.15, -0.1) is 0 Å². The summed E-state index contributed by atoms with van der Waals surface area (Å²) in [7, 11) is 1.61. The highest BCUT2D eigenvalue weighted by atomic mass is 32.1. The first-order valence-electron chi connectivity index (χ1n) is 9.27. The quantitative estimate of drug-likeness (QED) is 0.300. The van der Waals surface area contributed by atoms with Gasteiger partial charge in [0.05, 0.1) is 13.7 Å². The first-order chi connectivity index (χ1) is 12.7. The lowest BCUT2D eigenvalue weighted by atomic mass is 10.0. The highest BCUT2D eigenvalue weighted by Crippen LogP contribution is 2.18. The third-order valence-corrected chi connectivity index (χ3v) is 4.61. The lowest BCUT2D eigenvalue weighted by Crippen LogP contribution is -2.02. The molecule has 26 heavy (non-hydrogen) atoms. The highest BCUT2D eigenvalue weighted by molar-refractivity contribution is 7.80. The summed E-state index contributed by atoms with van der Waals surface area (Å²) in [6, 6.07) is 14.5. The Kier molecular flexibility index (Phi) is 9.11. The van der Waals surface area contributed by atoms with Gasteiger partial charge in [0.1, 0.15) is 11.5 Å². The lowest BCUT2D eigenvalue weighted by Gasteiger charge is -2.07. The molecule has 0 saturated carbocycles. The number of thiol groups is 1. The average molecular weight is 373 g/mol. The zero-order chi connectivity index (χ0) is 18.6. The van der Waals surface area contributed by atoms with E-state index in [2.05, 4.69) is 12.6 Å². The van der Waals surface area contributed by atoms with E-state index in [-0.39, 0.29) is 5.78 Å². The van der Waals surface area contributed by atoms with E-state index in [1.165, 1.54) is 32.1 Å². The van der Waals surface area contributed by atoms with Gasteiger partial charge in [-0.2, -0.15) is 12.6 Å². The van der Waals surface area contributed by atoms with Crippen LogP contribution >= 0.6 is 12.6 Å². The molecule has 0 unspecified atom stereocenters. The molecule has 2 rings (SSSR count). The third-order valence-electron chi connectivity index (χ3n) is 4.29. The van der Waals surface area contributed by atoms with Crippen molar-refractivity contribution in [3.63, 3.8) is 0 Å². The summed E-state index contributed by atoms with van der Waals surface area (Å²) in [6.45, 7) is 0.721. The number of unbranched alkanes of at least 4 members (excludes halogenated alkanes) is 5. The molecular weight excluding hydrogens is 344 g/mol. The molecular formula is C22H28O3S. The Bertz CT molecular complexity index is 650. The van der Waals surface area contributed by atoms with Gasteiger partial charge >= 0.3 is 0 Å². The predicted octanol–water partition coefficient (Wildman–Crippen LogP) is 5.58. The van der Waals surface area contributed by atoms with E-state index in [0.29, 0.717) is 11.1 Å². The monoisotopic (exact) mass is 372 g/mol. The van der Waals surface area contributed by atoms with Crippen molar-refractivity contribution in [1.29, 1.82) is 0 Å². The van der Waals surface area contributed by atoms with Gasteiger partial charge in [0.25, 0.3) is 0 Å². The molecule has 140 valence electrons. The van der Waals surface area contributed by atoms with Crippen LogP contribution in [0, 0.1) is 0 Å². The van der Waals surface area contributed by atoms with Crippen LogP contribution in [0.5, 0.6) is 11.5 Å². The zero-order valence-electron chi connectivity index (χ0n) is 15.4. The number of carbonyl (C=O) groups is 1. The number of methoxy groups -OCH3 is 1. The molecule has 0 amide bonds. The van der Waals surface area contributed by atoms with Crippen LogP contribution in [-0.2, 0) is 0 Å². The van der Waals surface area contributed by atoms with Gasteiger partial charge in [-0.05, 0) is 67.1 Å². The van der Waals surface area contributed by atoms with Crippen LogP contribution < -0.4 is 9.47 Å². The van der Waals surface area contributed by atoms with Crippen molar-refractivity contribution in [2.45, 2.75) is 38.5 Å². The van der Waals surface area contributed by atoms with Crippen molar-refractivity contribution >= 4 is 18.4 Å². The van der Waals surface area contributed by atoms with E-state index in [1.807, 2.05) is 24.3 Å². The van der Waals surface area contributed by atoms with Gasteiger partial charge in [-0.25, -0.2) is 0 Å². The van der Waals surface area contributed by atoms with E-state index < -0.39 is 0 Å². The fourth-order valence-corrected chi connectivity index (χ4v) is 2.95. The lowest BCUT2D eigenvalue weighted by molar-refractivity contribution is 0.103. The first-order valence-corrected chi connectivity index (χ1v) is 9.90. The van der Waals surface area contributed by atoms with Crippen LogP contribution in [-0.4, -0.2) is 25.3 Å². The summed E-state index contributed by atoms with van der Waals surface area (Å²) >= 11 is 4.22. The summed E-state index contributed by atoms with van der Waals surface area (Å²) in [4.78, 5) is 12.5. The molecule has 0 aliphatic rings. The normalized spacial score (nSPS) is 10.5. The van der Waals surface area contributed by atoms with E-state index in [1.54, 1.807) is 31.4 Å². The van der Waals surface area contributed by atoms with Gasteiger partial charge in [0.2, 0.25) is 0 Å². The maximum Gasteiger partial charge on any atom is 0.193 e. The molecule has 0 heterocycles. The Hall–Kier alpha value is -1.94. The van der Waals surface area contributed by atoms with E-state index in [9.17, 15) is 4.79 Å². The molecule has 0 spiro atoms. The van der Waals surface area contributed by atoms with Crippen molar-refractivity contribution in [3.05, 3.63) is 59.7 Å². The Morgan fingerprint density at radius 3 is 1.81 bits per heavy atom. The fourth-order valence-electron chi connectivity index (χ4n) is 2.72. The van der Waals surface area contributed by atoms with Gasteiger partial charge in [0.15, 0.2) is 5.78 Å². The zero-order valence-corrected chi connectivity index (χ0v) is 16.3. The Balaban J connectivity index is 1.74. The molecule has 3 nitrogen and oxygen atoms in total. The van der Waals surface area contributed by atoms with Gasteiger partial charge in [-0.1, -0.05) is 25.7 Å². The second-order valence-corrected chi connectivity index (χ2v) is 6.72. The number of benzene rings is 2. The van der Waals surface area contributed by atoms with Crippen molar-refractivity contribution < 1.29 is 14.3 Å². The third kappa shape index (κ3) is 6.75. The number of carbonyl (C=O) groups excluding carboxylic acids is 1. The van der Waals surface area contributed by atoms with E-state index in [4.69, 9.17) is 9.47 Å². The summed E-state index contributed by atoms with van der Waals surface area (Å²) in [6.07, 6.45) is 7.28. The topological polar surface area (TPSA) is 35.5 Å². The summed E-state index contributed by atoms with van der Waals surface area (Å²) < 4.78 is 10.9. The molecule has 0 atom stereocenters. The Morgan fingerprint density at radius 2 is 1.27 bits per heavy atom. The minimum Gasteiger partial charge on any atom is -0.497 e. The SMILES string of the molecule is COc1ccc(C(=O)c2ccc(OCCCCCCCCS)cc2)cc1. The Morgan fingerprint density at radius 1 is 0.769 bits per heavy atom. The summed E-state index contributed by atoms with van der Waals surface area (Å²) in [5.41, 5.74) is 1.31. The second-order valence-electron chi connectivity index (χ2n) is 6.28. The standard InChI is InChI=1S/C22H28O3S/c1-24-20-12-8-18(9-13-20)22(23)19-10-14-21(15-11-19)25-16-6-4-2-3-5-7-17-26/h8-15,26H,2-7,16-17H2,1H3. The molecule has 0 radical (unpaired) electrons. The smallest absolute Gasteiger partial charge is 0.193 e. The minimum absolute atomic E-state index is 0.000385. The molecule has 2 aromatic rings. The molecule has 0 aliphatic heterocycles. The van der Waals surface area contributed by atoms with Gasteiger partial charge < -0.3 is 9.47 Å². The van der Waals surface area contributed by atoms with Crippen LogP contribution in [0.1, 0.15) is 54.4 Å². The molecule has 0 aliphatic carbocycles. The average Bonchev–Trinajstić information content (AvgIpc) is 2.70. The first kappa shape index (κ1) is 20.4. The van der Waals surface area contributed by atoms with Crippen molar-refractivity contribution in [1.82, 2.24) is 0 Å². The molecule has 0 saturated heterocycles. The van der Waals surface area contributed by atoms with Crippen LogP contribution in [0.3, 0.4) is 0 Å². The number of hydrogen-bond acceptors (Lipinski definition) is 4. The maximum atomic E-state index is 12.5. The number of ketones is 1. The second kappa shape index (κ2) is 11.6. The number of rotatable bonds is 12. The van der Waals surface area contributed by atoms with Gasteiger partial charge in [-0.3, -0.25) is 4.79 Å². The molecule has 0 N–H and O–H groups in total. The minimum atomic E-state index is 0.000385. The summed E-state index contributed by atoms with van der Waals surface area (Å²) in [5, 5.41) is 0. The van der Waals surface area contributed by atoms with Crippen molar-refractivity contribution in [2.24, 2.45) is 0 Å². The van der Waals surface area contributed by atoms with Gasteiger partial charge in [0, 0.05) is 11.1 Å². The summed E-state index contributed by atoms with van der Waals surface area (Å²) in [5.74, 6) is 2.54. The molecule has 0 aromatic heterocycles.